The molecule has 106 valence electrons. The molecular formula is C15H25N3O. The monoisotopic (exact) mass is 263 g/mol. The molecule has 0 bridgehead atoms. The van der Waals surface area contributed by atoms with E-state index < -0.39 is 0 Å². The lowest BCUT2D eigenvalue weighted by atomic mass is 10.1. The fraction of sp³-hybridized carbons (Fsp3) is 0.667. The van der Waals surface area contributed by atoms with Crippen molar-refractivity contribution >= 4 is 5.69 Å². The summed E-state index contributed by atoms with van der Waals surface area (Å²) >= 11 is 0. The van der Waals surface area contributed by atoms with Gasteiger partial charge in [-0.1, -0.05) is 0 Å². The molecule has 0 amide bonds. The van der Waals surface area contributed by atoms with Crippen LogP contribution < -0.4 is 4.90 Å². The molecule has 2 rings (SSSR count). The van der Waals surface area contributed by atoms with Gasteiger partial charge in [-0.2, -0.15) is 0 Å². The number of likely N-dealkylation sites (N-methyl/N-ethyl adjacent to an activating group) is 1. The topological polar surface area (TPSA) is 28.6 Å². The molecule has 0 radical (unpaired) electrons. The van der Waals surface area contributed by atoms with E-state index >= 15 is 0 Å². The zero-order valence-corrected chi connectivity index (χ0v) is 12.3. The van der Waals surface area contributed by atoms with Crippen molar-refractivity contribution in [1.29, 1.82) is 0 Å². The van der Waals surface area contributed by atoms with Crippen molar-refractivity contribution in [3.05, 3.63) is 24.0 Å². The van der Waals surface area contributed by atoms with Crippen molar-refractivity contribution in [1.82, 2.24) is 9.88 Å². The Kier molecular flexibility index (Phi) is 5.16. The number of rotatable bonds is 5. The van der Waals surface area contributed by atoms with Gasteiger partial charge in [0, 0.05) is 57.4 Å². The third-order valence-corrected chi connectivity index (χ3v) is 3.59. The number of anilines is 1. The van der Waals surface area contributed by atoms with Gasteiger partial charge in [-0.25, -0.2) is 0 Å². The fourth-order valence-corrected chi connectivity index (χ4v) is 2.63. The molecule has 1 aliphatic heterocycles. The van der Waals surface area contributed by atoms with E-state index in [1.54, 1.807) is 0 Å². The second-order valence-corrected chi connectivity index (χ2v) is 5.58. The van der Waals surface area contributed by atoms with E-state index in [4.69, 9.17) is 4.74 Å². The Balaban J connectivity index is 1.92. The van der Waals surface area contributed by atoms with Gasteiger partial charge in [0.05, 0.1) is 6.10 Å². The Hall–Kier alpha value is -1.13. The van der Waals surface area contributed by atoms with Crippen LogP contribution >= 0.6 is 0 Å². The van der Waals surface area contributed by atoms with Gasteiger partial charge in [0.15, 0.2) is 0 Å². The minimum Gasteiger partial charge on any atom is -0.377 e. The lowest BCUT2D eigenvalue weighted by Gasteiger charge is -2.28. The van der Waals surface area contributed by atoms with Gasteiger partial charge in [-0.3, -0.25) is 9.88 Å². The highest BCUT2D eigenvalue weighted by Gasteiger charge is 2.16. The van der Waals surface area contributed by atoms with Crippen LogP contribution in [0.3, 0.4) is 0 Å². The number of aromatic nitrogens is 1. The summed E-state index contributed by atoms with van der Waals surface area (Å²) in [4.78, 5) is 8.72. The quantitative estimate of drug-likeness (QED) is 0.814. The Bertz CT molecular complexity index is 389. The standard InChI is InChI=1S/C15H25N3O/c1-17(2)15-7-8-16-10-13(15)11-18(3)12-14-6-4-5-9-19-14/h7-8,10,14H,4-6,9,11-12H2,1-3H3/t14-/m1/s1. The fourth-order valence-electron chi connectivity index (χ4n) is 2.63. The van der Waals surface area contributed by atoms with Crippen LogP contribution in [0, 0.1) is 0 Å². The average Bonchev–Trinajstić information content (AvgIpc) is 2.40. The summed E-state index contributed by atoms with van der Waals surface area (Å²) in [7, 11) is 6.30. The lowest BCUT2D eigenvalue weighted by molar-refractivity contribution is -0.00258. The maximum Gasteiger partial charge on any atom is 0.0702 e. The second kappa shape index (κ2) is 6.87. The van der Waals surface area contributed by atoms with E-state index in [9.17, 15) is 0 Å². The molecular weight excluding hydrogens is 238 g/mol. The number of nitrogens with zero attached hydrogens (tertiary/aromatic N) is 3. The third kappa shape index (κ3) is 4.18. The maximum absolute atomic E-state index is 5.80. The molecule has 0 saturated carbocycles. The second-order valence-electron chi connectivity index (χ2n) is 5.58. The van der Waals surface area contributed by atoms with Crippen LogP contribution in [0.25, 0.3) is 0 Å². The normalized spacial score (nSPS) is 19.7. The van der Waals surface area contributed by atoms with E-state index in [0.717, 1.165) is 19.7 Å². The number of ether oxygens (including phenoxy) is 1. The average molecular weight is 263 g/mol. The summed E-state index contributed by atoms with van der Waals surface area (Å²) in [6.07, 6.45) is 7.93. The first-order valence-electron chi connectivity index (χ1n) is 7.07. The van der Waals surface area contributed by atoms with Gasteiger partial charge >= 0.3 is 0 Å². The Morgan fingerprint density at radius 2 is 2.16 bits per heavy atom. The first kappa shape index (κ1) is 14.3. The Morgan fingerprint density at radius 1 is 1.32 bits per heavy atom. The smallest absolute Gasteiger partial charge is 0.0702 e. The molecule has 0 spiro atoms. The van der Waals surface area contributed by atoms with Crippen molar-refractivity contribution in [3.8, 4) is 0 Å². The van der Waals surface area contributed by atoms with E-state index in [0.29, 0.717) is 6.10 Å². The first-order chi connectivity index (χ1) is 9.16. The molecule has 1 atom stereocenters. The molecule has 1 aliphatic rings. The minimum absolute atomic E-state index is 0.401. The summed E-state index contributed by atoms with van der Waals surface area (Å²) < 4.78 is 5.80. The summed E-state index contributed by atoms with van der Waals surface area (Å²) in [6.45, 7) is 2.84. The van der Waals surface area contributed by atoms with Gasteiger partial charge in [0.2, 0.25) is 0 Å². The maximum atomic E-state index is 5.80. The van der Waals surface area contributed by atoms with E-state index in [2.05, 4.69) is 42.0 Å². The van der Waals surface area contributed by atoms with Crippen molar-refractivity contribution in [3.63, 3.8) is 0 Å². The molecule has 19 heavy (non-hydrogen) atoms. The van der Waals surface area contributed by atoms with Crippen LogP contribution in [0.15, 0.2) is 18.5 Å². The van der Waals surface area contributed by atoms with Crippen LogP contribution in [0.2, 0.25) is 0 Å². The Labute approximate surface area is 116 Å². The van der Waals surface area contributed by atoms with Crippen molar-refractivity contribution < 1.29 is 4.74 Å². The summed E-state index contributed by atoms with van der Waals surface area (Å²) in [5.74, 6) is 0. The molecule has 4 heteroatoms. The van der Waals surface area contributed by atoms with Crippen LogP contribution in [0.1, 0.15) is 24.8 Å². The zero-order chi connectivity index (χ0) is 13.7. The van der Waals surface area contributed by atoms with E-state index in [1.807, 2.05) is 12.4 Å². The van der Waals surface area contributed by atoms with Gasteiger partial charge in [0.1, 0.15) is 0 Å². The molecule has 4 nitrogen and oxygen atoms in total. The molecule has 2 heterocycles. The summed E-state index contributed by atoms with van der Waals surface area (Å²) in [5.41, 5.74) is 2.51. The van der Waals surface area contributed by atoms with Crippen molar-refractivity contribution in [2.75, 3.05) is 39.2 Å². The highest BCUT2D eigenvalue weighted by Crippen LogP contribution is 2.19. The van der Waals surface area contributed by atoms with Gasteiger partial charge in [-0.05, 0) is 32.4 Å². The predicted molar refractivity (Wildman–Crippen MR) is 78.5 cm³/mol. The first-order valence-corrected chi connectivity index (χ1v) is 7.07. The van der Waals surface area contributed by atoms with E-state index in [1.165, 1.54) is 30.5 Å². The highest BCUT2D eigenvalue weighted by atomic mass is 16.5. The van der Waals surface area contributed by atoms with Gasteiger partial charge in [-0.15, -0.1) is 0 Å². The molecule has 1 fully saturated rings. The minimum atomic E-state index is 0.401. The van der Waals surface area contributed by atoms with Crippen LogP contribution in [-0.4, -0.2) is 50.3 Å². The van der Waals surface area contributed by atoms with Crippen molar-refractivity contribution in [2.45, 2.75) is 31.9 Å². The molecule has 0 unspecified atom stereocenters. The lowest BCUT2D eigenvalue weighted by Crippen LogP contribution is -2.33. The summed E-state index contributed by atoms with van der Waals surface area (Å²) in [5, 5.41) is 0. The SMILES string of the molecule is CN(Cc1cnccc1N(C)C)C[C@H]1CCCCO1. The summed E-state index contributed by atoms with van der Waals surface area (Å²) in [6, 6.07) is 2.07. The molecule has 1 saturated heterocycles. The molecule has 0 aliphatic carbocycles. The molecule has 0 aromatic carbocycles. The van der Waals surface area contributed by atoms with E-state index in [-0.39, 0.29) is 0 Å². The molecule has 1 aromatic heterocycles. The number of hydrogen-bond acceptors (Lipinski definition) is 4. The highest BCUT2D eigenvalue weighted by molar-refractivity contribution is 5.50. The zero-order valence-electron chi connectivity index (χ0n) is 12.3. The van der Waals surface area contributed by atoms with Gasteiger partial charge < -0.3 is 9.64 Å². The Morgan fingerprint density at radius 3 is 2.84 bits per heavy atom. The molecule has 1 aromatic rings. The number of hydrogen-bond donors (Lipinski definition) is 0. The number of pyridine rings is 1. The van der Waals surface area contributed by atoms with Crippen LogP contribution in [0.5, 0.6) is 0 Å². The van der Waals surface area contributed by atoms with Gasteiger partial charge in [0.25, 0.3) is 0 Å². The third-order valence-electron chi connectivity index (χ3n) is 3.59. The van der Waals surface area contributed by atoms with Crippen LogP contribution in [0.4, 0.5) is 5.69 Å². The van der Waals surface area contributed by atoms with Crippen molar-refractivity contribution in [2.24, 2.45) is 0 Å². The predicted octanol–water partition coefficient (Wildman–Crippen LogP) is 2.15. The largest absolute Gasteiger partial charge is 0.377 e. The molecule has 0 N–H and O–H groups in total. The van der Waals surface area contributed by atoms with Crippen LogP contribution in [-0.2, 0) is 11.3 Å².